The number of halogens is 1. The predicted molar refractivity (Wildman–Crippen MR) is 44.8 cm³/mol. The maximum absolute atomic E-state index is 8.69. The highest BCUT2D eigenvalue weighted by Gasteiger charge is 2.21. The Labute approximate surface area is 68.6 Å². The molecule has 1 aliphatic heterocycles. The Morgan fingerprint density at radius 3 is 1.67 bits per heavy atom. The lowest BCUT2D eigenvalue weighted by molar-refractivity contribution is 0.0572. The lowest BCUT2D eigenvalue weighted by Crippen LogP contribution is -2.22. The quantitative estimate of drug-likeness (QED) is 0.393. The summed E-state index contributed by atoms with van der Waals surface area (Å²) in [4.78, 5) is 1.97. The third-order valence-corrected chi connectivity index (χ3v) is 1.15. The van der Waals surface area contributed by atoms with Crippen LogP contribution in [0.25, 0.3) is 0 Å². The van der Waals surface area contributed by atoms with Gasteiger partial charge in [-0.3, -0.25) is 0 Å². The lowest BCUT2D eigenvalue weighted by Gasteiger charge is -2.01. The minimum atomic E-state index is -0.542. The van der Waals surface area contributed by atoms with Gasteiger partial charge in [0.2, 0.25) is 0 Å². The van der Waals surface area contributed by atoms with Gasteiger partial charge >= 0.3 is 0 Å². The van der Waals surface area contributed by atoms with Gasteiger partial charge in [-0.1, -0.05) is 22.6 Å². The van der Waals surface area contributed by atoms with Gasteiger partial charge in [0.05, 0.1) is 12.2 Å². The maximum Gasteiger partial charge on any atom is 0.0935 e. The van der Waals surface area contributed by atoms with Crippen LogP contribution in [-0.4, -0.2) is 40.4 Å². The highest BCUT2D eigenvalue weighted by Crippen LogP contribution is 1.96. The van der Waals surface area contributed by atoms with Crippen LogP contribution in [0.1, 0.15) is 0 Å². The summed E-state index contributed by atoms with van der Waals surface area (Å²) in [7, 11) is 0. The van der Waals surface area contributed by atoms with Crippen LogP contribution in [0.2, 0.25) is 0 Å². The Bertz CT molecular complexity index is 64.0. The van der Waals surface area contributed by atoms with Gasteiger partial charge in [0, 0.05) is 13.1 Å². The number of aliphatic hydroxyl groups is 2. The minimum Gasteiger partial charge on any atom is -0.389 e. The molecule has 0 aromatic heterocycles. The van der Waals surface area contributed by atoms with E-state index in [4.69, 9.17) is 10.2 Å². The summed E-state index contributed by atoms with van der Waals surface area (Å²) in [5.41, 5.74) is 0. The average Bonchev–Trinajstić information content (AvgIpc) is 2.23. The molecule has 56 valence electrons. The molecular formula is C5H12INO2. The average molecular weight is 245 g/mol. The number of alkyl halides is 1. The molecule has 0 aromatic carbocycles. The van der Waals surface area contributed by atoms with Crippen molar-refractivity contribution in [2.45, 2.75) is 12.2 Å². The van der Waals surface area contributed by atoms with Crippen LogP contribution in [0.4, 0.5) is 0 Å². The third kappa shape index (κ3) is 3.34. The molecule has 0 amide bonds. The zero-order valence-corrected chi connectivity index (χ0v) is 7.50. The fraction of sp³-hybridized carbons (Fsp3) is 1.00. The topological polar surface area (TPSA) is 52.5 Å². The number of nitrogens with one attached hydrogen (secondary N) is 1. The van der Waals surface area contributed by atoms with Gasteiger partial charge in [-0.25, -0.2) is 0 Å². The van der Waals surface area contributed by atoms with Crippen molar-refractivity contribution < 1.29 is 10.2 Å². The molecule has 0 unspecified atom stereocenters. The Morgan fingerprint density at radius 1 is 1.22 bits per heavy atom. The Hall–Kier alpha value is 0.610. The van der Waals surface area contributed by atoms with Gasteiger partial charge in [-0.05, 0) is 4.93 Å². The summed E-state index contributed by atoms with van der Waals surface area (Å²) >= 11 is 2.15. The summed E-state index contributed by atoms with van der Waals surface area (Å²) in [5.74, 6) is 0. The first-order chi connectivity index (χ1) is 4.30. The molecule has 1 aliphatic rings. The molecule has 1 rings (SSSR count). The van der Waals surface area contributed by atoms with Crippen LogP contribution in [0, 0.1) is 0 Å². The first-order valence-corrected chi connectivity index (χ1v) is 4.91. The SMILES string of the molecule is CI.O[C@H]1CNC[C@@H]1O. The van der Waals surface area contributed by atoms with Crippen molar-refractivity contribution in [2.75, 3.05) is 18.0 Å². The van der Waals surface area contributed by atoms with E-state index >= 15 is 0 Å². The van der Waals surface area contributed by atoms with Gasteiger partial charge in [0.15, 0.2) is 0 Å². The molecule has 3 nitrogen and oxygen atoms in total. The van der Waals surface area contributed by atoms with E-state index in [1.165, 1.54) is 0 Å². The van der Waals surface area contributed by atoms with Crippen molar-refractivity contribution >= 4 is 22.6 Å². The summed E-state index contributed by atoms with van der Waals surface area (Å²) < 4.78 is 0. The Balaban J connectivity index is 0.000000291. The highest BCUT2D eigenvalue weighted by molar-refractivity contribution is 14.1. The largest absolute Gasteiger partial charge is 0.389 e. The van der Waals surface area contributed by atoms with Crippen molar-refractivity contribution in [2.24, 2.45) is 0 Å². The van der Waals surface area contributed by atoms with E-state index in [1.807, 2.05) is 4.93 Å². The van der Waals surface area contributed by atoms with Gasteiger partial charge in [-0.15, -0.1) is 0 Å². The van der Waals surface area contributed by atoms with Gasteiger partial charge in [0.25, 0.3) is 0 Å². The molecule has 1 heterocycles. The third-order valence-electron chi connectivity index (χ3n) is 1.15. The fourth-order valence-corrected chi connectivity index (χ4v) is 0.651. The summed E-state index contributed by atoms with van der Waals surface area (Å²) in [5, 5.41) is 20.2. The minimum absolute atomic E-state index is 0.529. The van der Waals surface area contributed by atoms with Crippen molar-refractivity contribution in [1.82, 2.24) is 5.32 Å². The summed E-state index contributed by atoms with van der Waals surface area (Å²) in [6.07, 6.45) is -1.08. The molecular weight excluding hydrogens is 233 g/mol. The van der Waals surface area contributed by atoms with Crippen molar-refractivity contribution in [3.8, 4) is 0 Å². The maximum atomic E-state index is 8.69. The lowest BCUT2D eigenvalue weighted by atomic mass is 10.3. The van der Waals surface area contributed by atoms with E-state index in [0.29, 0.717) is 13.1 Å². The second-order valence-electron chi connectivity index (χ2n) is 1.79. The zero-order chi connectivity index (χ0) is 7.28. The van der Waals surface area contributed by atoms with E-state index in [-0.39, 0.29) is 0 Å². The number of rotatable bonds is 0. The van der Waals surface area contributed by atoms with Gasteiger partial charge in [-0.2, -0.15) is 0 Å². The fourth-order valence-electron chi connectivity index (χ4n) is 0.651. The Kier molecular flexibility index (Phi) is 5.77. The second kappa shape index (κ2) is 5.40. The zero-order valence-electron chi connectivity index (χ0n) is 5.34. The number of hydrogen-bond donors (Lipinski definition) is 3. The van der Waals surface area contributed by atoms with E-state index in [1.54, 1.807) is 0 Å². The molecule has 0 bridgehead atoms. The molecule has 0 aliphatic carbocycles. The number of β-amino-alcohol motifs (C(OH)–C–C–N with tert-alkyl or cyclic N) is 2. The molecule has 0 radical (unpaired) electrons. The van der Waals surface area contributed by atoms with Crippen LogP contribution in [0.15, 0.2) is 0 Å². The predicted octanol–water partition coefficient (Wildman–Crippen LogP) is -0.637. The van der Waals surface area contributed by atoms with Crippen LogP contribution >= 0.6 is 22.6 Å². The molecule has 9 heavy (non-hydrogen) atoms. The first-order valence-electron chi connectivity index (χ1n) is 2.75. The van der Waals surface area contributed by atoms with Gasteiger partial charge < -0.3 is 15.5 Å². The Morgan fingerprint density at radius 2 is 1.56 bits per heavy atom. The molecule has 3 N–H and O–H groups in total. The molecule has 1 saturated heterocycles. The van der Waals surface area contributed by atoms with Gasteiger partial charge in [0.1, 0.15) is 0 Å². The smallest absolute Gasteiger partial charge is 0.0935 e. The van der Waals surface area contributed by atoms with Crippen molar-refractivity contribution in [3.05, 3.63) is 0 Å². The van der Waals surface area contributed by atoms with E-state index in [9.17, 15) is 0 Å². The molecule has 2 atom stereocenters. The molecule has 0 aromatic rings. The molecule has 0 saturated carbocycles. The van der Waals surface area contributed by atoms with E-state index in [2.05, 4.69) is 27.9 Å². The standard InChI is InChI=1S/C4H9NO2.CH3I/c6-3-1-5-2-4(3)7;1-2/h3-7H,1-2H2;1H3/t3-,4-;/m0./s1. The van der Waals surface area contributed by atoms with E-state index < -0.39 is 12.2 Å². The molecule has 4 heteroatoms. The van der Waals surface area contributed by atoms with Crippen LogP contribution in [-0.2, 0) is 0 Å². The summed E-state index contributed by atoms with van der Waals surface area (Å²) in [6, 6.07) is 0. The normalized spacial score (nSPS) is 33.3. The highest BCUT2D eigenvalue weighted by atomic mass is 127. The summed E-state index contributed by atoms with van der Waals surface area (Å²) in [6.45, 7) is 1.06. The molecule has 1 fully saturated rings. The van der Waals surface area contributed by atoms with Crippen LogP contribution in [0.3, 0.4) is 0 Å². The van der Waals surface area contributed by atoms with Crippen LogP contribution < -0.4 is 5.32 Å². The van der Waals surface area contributed by atoms with Crippen molar-refractivity contribution in [3.63, 3.8) is 0 Å². The monoisotopic (exact) mass is 245 g/mol. The first kappa shape index (κ1) is 9.61. The van der Waals surface area contributed by atoms with Crippen molar-refractivity contribution in [1.29, 1.82) is 0 Å². The van der Waals surface area contributed by atoms with E-state index in [0.717, 1.165) is 0 Å². The number of hydrogen-bond acceptors (Lipinski definition) is 3. The molecule has 0 spiro atoms. The number of aliphatic hydroxyl groups excluding tert-OH is 2. The second-order valence-corrected chi connectivity index (χ2v) is 1.79. The van der Waals surface area contributed by atoms with Crippen LogP contribution in [0.5, 0.6) is 0 Å².